The first-order valence-corrected chi connectivity index (χ1v) is 7.01. The molecule has 0 unspecified atom stereocenters. The van der Waals surface area contributed by atoms with Crippen molar-refractivity contribution in [3.63, 3.8) is 0 Å². The van der Waals surface area contributed by atoms with Crippen LogP contribution in [-0.2, 0) is 0 Å². The number of benzene rings is 1. The summed E-state index contributed by atoms with van der Waals surface area (Å²) in [6.45, 7) is 0.259. The lowest BCUT2D eigenvalue weighted by atomic mass is 9.82. The molecule has 0 saturated heterocycles. The summed E-state index contributed by atoms with van der Waals surface area (Å²) in [6.07, 6.45) is 4.84. The van der Waals surface area contributed by atoms with E-state index in [-0.39, 0.29) is 29.5 Å². The maximum Gasteiger partial charge on any atom is 0.254 e. The first-order valence-electron chi connectivity index (χ1n) is 6.63. The molecule has 0 aliphatic heterocycles. The Bertz CT molecular complexity index is 520. The van der Waals surface area contributed by atoms with E-state index < -0.39 is 23.1 Å². The number of nitrogens with two attached hydrogens (primary N) is 1. The molecule has 1 aliphatic carbocycles. The third-order valence-electron chi connectivity index (χ3n) is 3.70. The number of carbonyl (C=O) groups excluding carboxylic acids is 1. The summed E-state index contributed by atoms with van der Waals surface area (Å²) in [5.41, 5.74) is 5.37. The van der Waals surface area contributed by atoms with Crippen molar-refractivity contribution in [3.05, 3.63) is 34.4 Å². The second-order valence-corrected chi connectivity index (χ2v) is 5.76. The van der Waals surface area contributed by atoms with Gasteiger partial charge >= 0.3 is 0 Å². The number of halogens is 4. The van der Waals surface area contributed by atoms with Gasteiger partial charge in [-0.15, -0.1) is 12.4 Å². The highest BCUT2D eigenvalue weighted by Crippen LogP contribution is 2.25. The zero-order valence-electron chi connectivity index (χ0n) is 11.4. The van der Waals surface area contributed by atoms with E-state index in [2.05, 4.69) is 5.32 Å². The molecule has 0 aromatic heterocycles. The van der Waals surface area contributed by atoms with Crippen LogP contribution in [0.4, 0.5) is 8.78 Å². The second kappa shape index (κ2) is 7.38. The minimum Gasteiger partial charge on any atom is -0.350 e. The number of carbonyl (C=O) groups is 1. The first-order chi connectivity index (χ1) is 9.41. The standard InChI is InChI=1S/C14H17ClF2N2O.ClH/c15-10-7-11(16)9(6-12(10)17)13(20)19-8-14(18)4-2-1-3-5-14;/h6-7H,1-5,8,18H2,(H,19,20);1H. The molecule has 1 aromatic rings. The van der Waals surface area contributed by atoms with Crippen LogP contribution < -0.4 is 11.1 Å². The molecule has 3 nitrogen and oxygen atoms in total. The van der Waals surface area contributed by atoms with Crippen molar-refractivity contribution >= 4 is 29.9 Å². The van der Waals surface area contributed by atoms with Gasteiger partial charge in [0, 0.05) is 12.1 Å². The summed E-state index contributed by atoms with van der Waals surface area (Å²) in [4.78, 5) is 11.9. The van der Waals surface area contributed by atoms with E-state index in [4.69, 9.17) is 17.3 Å². The van der Waals surface area contributed by atoms with Gasteiger partial charge in [0.2, 0.25) is 0 Å². The van der Waals surface area contributed by atoms with Gasteiger partial charge in [-0.2, -0.15) is 0 Å². The van der Waals surface area contributed by atoms with Gasteiger partial charge in [-0.25, -0.2) is 8.78 Å². The van der Waals surface area contributed by atoms with E-state index in [0.717, 1.165) is 44.2 Å². The smallest absolute Gasteiger partial charge is 0.254 e. The Morgan fingerprint density at radius 3 is 2.48 bits per heavy atom. The maximum atomic E-state index is 13.6. The van der Waals surface area contributed by atoms with E-state index in [0.29, 0.717) is 0 Å². The van der Waals surface area contributed by atoms with Crippen LogP contribution in [0, 0.1) is 11.6 Å². The summed E-state index contributed by atoms with van der Waals surface area (Å²) in [7, 11) is 0. The molecule has 0 radical (unpaired) electrons. The van der Waals surface area contributed by atoms with Crippen molar-refractivity contribution in [1.82, 2.24) is 5.32 Å². The Balaban J connectivity index is 0.00000220. The third-order valence-corrected chi connectivity index (χ3v) is 3.99. The molecule has 21 heavy (non-hydrogen) atoms. The minimum absolute atomic E-state index is 0. The lowest BCUT2D eigenvalue weighted by Crippen LogP contribution is -2.51. The van der Waals surface area contributed by atoms with Crippen LogP contribution in [0.5, 0.6) is 0 Å². The summed E-state index contributed by atoms with van der Waals surface area (Å²) in [6, 6.07) is 1.60. The zero-order chi connectivity index (χ0) is 14.8. The molecule has 118 valence electrons. The lowest BCUT2D eigenvalue weighted by Gasteiger charge is -2.33. The quantitative estimate of drug-likeness (QED) is 0.829. The Morgan fingerprint density at radius 1 is 1.24 bits per heavy atom. The van der Waals surface area contributed by atoms with E-state index in [1.165, 1.54) is 0 Å². The van der Waals surface area contributed by atoms with Gasteiger partial charge in [-0.3, -0.25) is 4.79 Å². The molecule has 1 saturated carbocycles. The van der Waals surface area contributed by atoms with Gasteiger partial charge in [-0.1, -0.05) is 30.9 Å². The van der Waals surface area contributed by atoms with Gasteiger partial charge < -0.3 is 11.1 Å². The Morgan fingerprint density at radius 2 is 1.86 bits per heavy atom. The fourth-order valence-corrected chi connectivity index (χ4v) is 2.63. The van der Waals surface area contributed by atoms with E-state index in [1.807, 2.05) is 0 Å². The minimum atomic E-state index is -0.844. The van der Waals surface area contributed by atoms with Crippen LogP contribution in [-0.4, -0.2) is 18.0 Å². The van der Waals surface area contributed by atoms with Crippen LogP contribution in [0.25, 0.3) is 0 Å². The third kappa shape index (κ3) is 4.53. The molecule has 1 amide bonds. The summed E-state index contributed by atoms with van der Waals surface area (Å²) in [5.74, 6) is -2.34. The van der Waals surface area contributed by atoms with Gasteiger partial charge in [-0.05, 0) is 25.0 Å². The van der Waals surface area contributed by atoms with Crippen LogP contribution in [0.1, 0.15) is 42.5 Å². The van der Waals surface area contributed by atoms with Crippen molar-refractivity contribution in [2.75, 3.05) is 6.54 Å². The van der Waals surface area contributed by atoms with Crippen molar-refractivity contribution in [2.24, 2.45) is 5.73 Å². The monoisotopic (exact) mass is 338 g/mol. The Labute approximate surface area is 133 Å². The molecule has 0 atom stereocenters. The largest absolute Gasteiger partial charge is 0.350 e. The molecular weight excluding hydrogens is 321 g/mol. The van der Waals surface area contributed by atoms with Gasteiger partial charge in [0.25, 0.3) is 5.91 Å². The topological polar surface area (TPSA) is 55.1 Å². The maximum absolute atomic E-state index is 13.6. The predicted molar refractivity (Wildman–Crippen MR) is 81.0 cm³/mol. The summed E-state index contributed by atoms with van der Waals surface area (Å²) >= 11 is 5.44. The molecule has 3 N–H and O–H groups in total. The van der Waals surface area contributed by atoms with Crippen LogP contribution in [0.3, 0.4) is 0 Å². The predicted octanol–water partition coefficient (Wildman–Crippen LogP) is 3.43. The van der Waals surface area contributed by atoms with Crippen molar-refractivity contribution in [2.45, 2.75) is 37.6 Å². The average molecular weight is 339 g/mol. The second-order valence-electron chi connectivity index (χ2n) is 5.35. The fourth-order valence-electron chi connectivity index (χ4n) is 2.48. The molecule has 0 heterocycles. The number of hydrogen-bond donors (Lipinski definition) is 2. The number of amides is 1. The zero-order valence-corrected chi connectivity index (χ0v) is 13.0. The molecule has 1 fully saturated rings. The highest BCUT2D eigenvalue weighted by molar-refractivity contribution is 6.30. The fraction of sp³-hybridized carbons (Fsp3) is 0.500. The first kappa shape index (κ1) is 18.1. The number of nitrogens with one attached hydrogen (secondary N) is 1. The molecule has 1 aromatic carbocycles. The number of hydrogen-bond acceptors (Lipinski definition) is 2. The Kier molecular flexibility index (Phi) is 6.38. The van der Waals surface area contributed by atoms with Crippen molar-refractivity contribution < 1.29 is 13.6 Å². The molecule has 0 spiro atoms. The van der Waals surface area contributed by atoms with E-state index in [9.17, 15) is 13.6 Å². The van der Waals surface area contributed by atoms with Crippen LogP contribution in [0.15, 0.2) is 12.1 Å². The van der Waals surface area contributed by atoms with Crippen LogP contribution in [0.2, 0.25) is 5.02 Å². The van der Waals surface area contributed by atoms with Crippen molar-refractivity contribution in [1.29, 1.82) is 0 Å². The summed E-state index contributed by atoms with van der Waals surface area (Å²) < 4.78 is 26.9. The van der Waals surface area contributed by atoms with Crippen LogP contribution >= 0.6 is 24.0 Å². The highest BCUT2D eigenvalue weighted by Gasteiger charge is 2.28. The van der Waals surface area contributed by atoms with E-state index in [1.54, 1.807) is 0 Å². The van der Waals surface area contributed by atoms with E-state index >= 15 is 0 Å². The van der Waals surface area contributed by atoms with Gasteiger partial charge in [0.15, 0.2) is 0 Å². The number of rotatable bonds is 3. The molecule has 7 heteroatoms. The van der Waals surface area contributed by atoms with Gasteiger partial charge in [0.05, 0.1) is 10.6 Å². The normalized spacial score (nSPS) is 17.0. The molecule has 1 aliphatic rings. The highest BCUT2D eigenvalue weighted by atomic mass is 35.5. The SMILES string of the molecule is Cl.NC1(CNC(=O)c2cc(F)c(Cl)cc2F)CCCCC1. The Hall–Kier alpha value is -0.910. The molecular formula is C14H18Cl2F2N2O. The molecule has 0 bridgehead atoms. The molecule has 2 rings (SSSR count). The lowest BCUT2D eigenvalue weighted by molar-refractivity contribution is 0.0933. The summed E-state index contributed by atoms with van der Waals surface area (Å²) in [5, 5.41) is 2.24. The van der Waals surface area contributed by atoms with Gasteiger partial charge in [0.1, 0.15) is 11.6 Å². The average Bonchev–Trinajstić information content (AvgIpc) is 2.41. The van der Waals surface area contributed by atoms with Crippen molar-refractivity contribution in [3.8, 4) is 0 Å².